The van der Waals surface area contributed by atoms with Gasteiger partial charge in [-0.05, 0) is 32.0 Å². The first-order valence-electron chi connectivity index (χ1n) is 6.07. The standard InChI is InChI=1S/C13H17Cl2NO2/c1-16-7-9-5-10(14)6-12(15)13(9)18-8-11-3-2-4-17-11/h5-6,11,16H,2-4,7-8H2,1H3. The van der Waals surface area contributed by atoms with Crippen LogP contribution >= 0.6 is 23.2 Å². The van der Waals surface area contributed by atoms with E-state index in [-0.39, 0.29) is 6.10 Å². The Hall–Kier alpha value is -0.480. The molecule has 18 heavy (non-hydrogen) atoms. The molecule has 1 saturated heterocycles. The van der Waals surface area contributed by atoms with Gasteiger partial charge in [-0.25, -0.2) is 0 Å². The Bertz CT molecular complexity index is 406. The van der Waals surface area contributed by atoms with E-state index in [0.29, 0.717) is 28.9 Å². The molecule has 1 aliphatic rings. The van der Waals surface area contributed by atoms with Crippen LogP contribution in [0.2, 0.25) is 10.0 Å². The molecule has 0 bridgehead atoms. The Kier molecular flexibility index (Phi) is 5.13. The van der Waals surface area contributed by atoms with Crippen LogP contribution in [-0.2, 0) is 11.3 Å². The lowest BCUT2D eigenvalue weighted by Crippen LogP contribution is -2.18. The van der Waals surface area contributed by atoms with E-state index in [2.05, 4.69) is 5.32 Å². The van der Waals surface area contributed by atoms with Crippen LogP contribution < -0.4 is 10.1 Å². The first-order valence-corrected chi connectivity index (χ1v) is 6.83. The van der Waals surface area contributed by atoms with Gasteiger partial charge in [0.25, 0.3) is 0 Å². The van der Waals surface area contributed by atoms with Gasteiger partial charge in [0.2, 0.25) is 0 Å². The molecule has 1 atom stereocenters. The van der Waals surface area contributed by atoms with E-state index in [9.17, 15) is 0 Å². The van der Waals surface area contributed by atoms with Crippen molar-refractivity contribution in [3.05, 3.63) is 27.7 Å². The fraction of sp³-hybridized carbons (Fsp3) is 0.538. The number of rotatable bonds is 5. The summed E-state index contributed by atoms with van der Waals surface area (Å²) in [6, 6.07) is 3.57. The molecule has 3 nitrogen and oxygen atoms in total. The van der Waals surface area contributed by atoms with E-state index < -0.39 is 0 Å². The fourth-order valence-electron chi connectivity index (χ4n) is 2.05. The second-order valence-electron chi connectivity index (χ2n) is 4.35. The van der Waals surface area contributed by atoms with Crippen molar-refractivity contribution in [2.45, 2.75) is 25.5 Å². The third kappa shape index (κ3) is 3.51. The number of benzene rings is 1. The van der Waals surface area contributed by atoms with Crippen molar-refractivity contribution in [1.82, 2.24) is 5.32 Å². The van der Waals surface area contributed by atoms with Gasteiger partial charge in [0, 0.05) is 23.7 Å². The normalized spacial score (nSPS) is 19.2. The van der Waals surface area contributed by atoms with Crippen molar-refractivity contribution < 1.29 is 9.47 Å². The Morgan fingerprint density at radius 1 is 1.44 bits per heavy atom. The summed E-state index contributed by atoms with van der Waals surface area (Å²) in [5.74, 6) is 0.700. The minimum Gasteiger partial charge on any atom is -0.489 e. The molecule has 1 aliphatic heterocycles. The Morgan fingerprint density at radius 2 is 2.28 bits per heavy atom. The molecule has 1 aromatic carbocycles. The molecular weight excluding hydrogens is 273 g/mol. The topological polar surface area (TPSA) is 30.5 Å². The van der Waals surface area contributed by atoms with Crippen molar-refractivity contribution in [3.63, 3.8) is 0 Å². The van der Waals surface area contributed by atoms with Crippen LogP contribution in [0.15, 0.2) is 12.1 Å². The SMILES string of the molecule is CNCc1cc(Cl)cc(Cl)c1OCC1CCCO1. The van der Waals surface area contributed by atoms with Crippen molar-refractivity contribution >= 4 is 23.2 Å². The number of ether oxygens (including phenoxy) is 2. The van der Waals surface area contributed by atoms with Gasteiger partial charge in [-0.1, -0.05) is 23.2 Å². The number of hydrogen-bond donors (Lipinski definition) is 1. The lowest BCUT2D eigenvalue weighted by atomic mass is 10.2. The van der Waals surface area contributed by atoms with Gasteiger partial charge < -0.3 is 14.8 Å². The van der Waals surface area contributed by atoms with Crippen LogP contribution in [0.3, 0.4) is 0 Å². The summed E-state index contributed by atoms with van der Waals surface area (Å²) >= 11 is 12.2. The Labute approximate surface area is 117 Å². The number of nitrogens with one attached hydrogen (secondary N) is 1. The van der Waals surface area contributed by atoms with E-state index in [1.54, 1.807) is 6.07 Å². The van der Waals surface area contributed by atoms with Crippen LogP contribution in [0, 0.1) is 0 Å². The van der Waals surface area contributed by atoms with E-state index >= 15 is 0 Å². The molecule has 0 aliphatic carbocycles. The lowest BCUT2D eigenvalue weighted by Gasteiger charge is -2.16. The average molecular weight is 290 g/mol. The molecule has 2 rings (SSSR count). The maximum Gasteiger partial charge on any atom is 0.142 e. The van der Waals surface area contributed by atoms with Gasteiger partial charge in [0.15, 0.2) is 0 Å². The Morgan fingerprint density at radius 3 is 2.94 bits per heavy atom. The van der Waals surface area contributed by atoms with Crippen LogP contribution in [0.5, 0.6) is 5.75 Å². The zero-order valence-electron chi connectivity index (χ0n) is 10.3. The first-order chi connectivity index (χ1) is 8.70. The molecule has 0 radical (unpaired) electrons. The lowest BCUT2D eigenvalue weighted by molar-refractivity contribution is 0.0676. The summed E-state index contributed by atoms with van der Waals surface area (Å²) in [7, 11) is 1.87. The van der Waals surface area contributed by atoms with E-state index in [0.717, 1.165) is 25.0 Å². The van der Waals surface area contributed by atoms with E-state index in [1.165, 1.54) is 0 Å². The van der Waals surface area contributed by atoms with Crippen molar-refractivity contribution in [1.29, 1.82) is 0 Å². The molecule has 0 spiro atoms. The third-order valence-corrected chi connectivity index (χ3v) is 3.39. The maximum atomic E-state index is 6.18. The van der Waals surface area contributed by atoms with E-state index in [1.807, 2.05) is 13.1 Å². The Balaban J connectivity index is 2.09. The molecule has 1 N–H and O–H groups in total. The minimum atomic E-state index is 0.180. The highest BCUT2D eigenvalue weighted by Gasteiger charge is 2.18. The molecule has 1 heterocycles. The smallest absolute Gasteiger partial charge is 0.142 e. The molecular formula is C13H17Cl2NO2. The summed E-state index contributed by atoms with van der Waals surface area (Å²) in [5.41, 5.74) is 0.966. The van der Waals surface area contributed by atoms with E-state index in [4.69, 9.17) is 32.7 Å². The first kappa shape index (κ1) is 13.9. The van der Waals surface area contributed by atoms with Crippen molar-refractivity contribution in [2.75, 3.05) is 20.3 Å². The monoisotopic (exact) mass is 289 g/mol. The molecule has 0 aromatic heterocycles. The summed E-state index contributed by atoms with van der Waals surface area (Å²) in [6.07, 6.45) is 2.33. The molecule has 100 valence electrons. The highest BCUT2D eigenvalue weighted by molar-refractivity contribution is 6.35. The van der Waals surface area contributed by atoms with Crippen molar-refractivity contribution in [3.8, 4) is 5.75 Å². The second-order valence-corrected chi connectivity index (χ2v) is 5.20. The van der Waals surface area contributed by atoms with Crippen LogP contribution in [-0.4, -0.2) is 26.4 Å². The van der Waals surface area contributed by atoms with Crippen LogP contribution in [0.1, 0.15) is 18.4 Å². The average Bonchev–Trinajstić information content (AvgIpc) is 2.81. The van der Waals surface area contributed by atoms with Crippen LogP contribution in [0.25, 0.3) is 0 Å². The zero-order chi connectivity index (χ0) is 13.0. The predicted molar refractivity (Wildman–Crippen MR) is 73.7 cm³/mol. The predicted octanol–water partition coefficient (Wildman–Crippen LogP) is 3.27. The molecule has 0 amide bonds. The maximum absolute atomic E-state index is 6.18. The molecule has 0 saturated carbocycles. The number of hydrogen-bond acceptors (Lipinski definition) is 3. The molecule has 1 unspecified atom stereocenters. The minimum absolute atomic E-state index is 0.180. The summed E-state index contributed by atoms with van der Waals surface area (Å²) in [5, 5.41) is 4.25. The van der Waals surface area contributed by atoms with Crippen molar-refractivity contribution in [2.24, 2.45) is 0 Å². The van der Waals surface area contributed by atoms with Gasteiger partial charge in [-0.3, -0.25) is 0 Å². The molecule has 5 heteroatoms. The second kappa shape index (κ2) is 6.62. The highest BCUT2D eigenvalue weighted by Crippen LogP contribution is 2.33. The van der Waals surface area contributed by atoms with Crippen LogP contribution in [0.4, 0.5) is 0 Å². The largest absolute Gasteiger partial charge is 0.489 e. The summed E-state index contributed by atoms with van der Waals surface area (Å²) in [4.78, 5) is 0. The molecule has 1 aromatic rings. The van der Waals surface area contributed by atoms with Gasteiger partial charge in [0.1, 0.15) is 12.4 Å². The quantitative estimate of drug-likeness (QED) is 0.902. The van der Waals surface area contributed by atoms with Gasteiger partial charge in [-0.2, -0.15) is 0 Å². The fourth-order valence-corrected chi connectivity index (χ4v) is 2.64. The zero-order valence-corrected chi connectivity index (χ0v) is 11.9. The number of halogens is 2. The molecule has 1 fully saturated rings. The highest BCUT2D eigenvalue weighted by atomic mass is 35.5. The van der Waals surface area contributed by atoms with Gasteiger partial charge >= 0.3 is 0 Å². The van der Waals surface area contributed by atoms with Gasteiger partial charge in [-0.15, -0.1) is 0 Å². The summed E-state index contributed by atoms with van der Waals surface area (Å²) < 4.78 is 11.3. The third-order valence-electron chi connectivity index (χ3n) is 2.89. The summed E-state index contributed by atoms with van der Waals surface area (Å²) in [6.45, 7) is 2.03. The van der Waals surface area contributed by atoms with Gasteiger partial charge in [0.05, 0.1) is 11.1 Å².